The Morgan fingerprint density at radius 1 is 0.857 bits per heavy atom. The molecule has 2 aromatic carbocycles. The highest BCUT2D eigenvalue weighted by molar-refractivity contribution is 14.1. The molecule has 0 aliphatic heterocycles. The number of alkyl halides is 2. The van der Waals surface area contributed by atoms with Crippen molar-refractivity contribution in [2.75, 3.05) is 4.31 Å². The molecule has 0 atom stereocenters. The van der Waals surface area contributed by atoms with E-state index in [9.17, 15) is 8.42 Å². The summed E-state index contributed by atoms with van der Waals surface area (Å²) in [6.45, 7) is 0.226. The number of benzene rings is 2. The van der Waals surface area contributed by atoms with Crippen LogP contribution in [0.3, 0.4) is 0 Å². The number of aromatic nitrogens is 1. The molecule has 0 bridgehead atoms. The largest absolute Gasteiger partial charge is 0.265 e. The highest BCUT2D eigenvalue weighted by Gasteiger charge is 2.26. The van der Waals surface area contributed by atoms with Gasteiger partial charge in [0.2, 0.25) is 0 Å². The molecule has 1 heterocycles. The van der Waals surface area contributed by atoms with Gasteiger partial charge in [0.25, 0.3) is 10.0 Å². The van der Waals surface area contributed by atoms with Crippen molar-refractivity contribution in [3.05, 3.63) is 87.3 Å². The van der Waals surface area contributed by atoms with Crippen LogP contribution in [0, 0.1) is 3.57 Å². The van der Waals surface area contributed by atoms with E-state index in [1.807, 2.05) is 24.3 Å². The summed E-state index contributed by atoms with van der Waals surface area (Å²) in [4.78, 5) is 4.30. The molecule has 0 saturated heterocycles. The van der Waals surface area contributed by atoms with Crippen molar-refractivity contribution in [3.63, 3.8) is 0 Å². The van der Waals surface area contributed by atoms with E-state index in [4.69, 9.17) is 0 Å². The van der Waals surface area contributed by atoms with Crippen molar-refractivity contribution in [2.24, 2.45) is 0 Å². The molecule has 0 aliphatic rings. The van der Waals surface area contributed by atoms with Crippen LogP contribution in [-0.2, 0) is 27.2 Å². The molecule has 0 radical (unpaired) electrons. The SMILES string of the molecule is O=S(=O)(c1ccc(I)cc1)N(Cc1ccncc1)c1cc(CBr)cc(CBr)c1. The molecule has 0 spiro atoms. The minimum Gasteiger partial charge on any atom is -0.265 e. The number of rotatable bonds is 7. The monoisotopic (exact) mass is 634 g/mol. The van der Waals surface area contributed by atoms with Gasteiger partial charge in [0, 0.05) is 26.6 Å². The standard InChI is InChI=1S/C20H17Br2IN2O2S/c21-12-16-9-17(13-22)11-19(10-16)25(14-15-5-7-24-8-6-15)28(26,27)20-3-1-18(23)2-4-20/h1-11H,12-14H2. The first-order valence-corrected chi connectivity index (χ1v) is 13.1. The third-order valence-electron chi connectivity index (χ3n) is 4.11. The maximum atomic E-state index is 13.5. The number of nitrogens with zero attached hydrogens (tertiary/aromatic N) is 2. The maximum absolute atomic E-state index is 13.5. The van der Waals surface area contributed by atoms with E-state index >= 15 is 0 Å². The van der Waals surface area contributed by atoms with Crippen molar-refractivity contribution in [3.8, 4) is 0 Å². The van der Waals surface area contributed by atoms with Gasteiger partial charge in [0.05, 0.1) is 17.1 Å². The predicted molar refractivity (Wildman–Crippen MR) is 128 cm³/mol. The molecule has 0 aliphatic carbocycles. The van der Waals surface area contributed by atoms with Gasteiger partial charge in [-0.2, -0.15) is 0 Å². The summed E-state index contributed by atoms with van der Waals surface area (Å²) in [5, 5.41) is 1.29. The Morgan fingerprint density at radius 3 is 1.96 bits per heavy atom. The van der Waals surface area contributed by atoms with Gasteiger partial charge in [-0.3, -0.25) is 9.29 Å². The van der Waals surface area contributed by atoms with Gasteiger partial charge in [-0.25, -0.2) is 8.42 Å². The molecule has 8 heteroatoms. The molecule has 4 nitrogen and oxygen atoms in total. The van der Waals surface area contributed by atoms with Crippen LogP contribution in [0.2, 0.25) is 0 Å². The summed E-state index contributed by atoms with van der Waals surface area (Å²) in [6, 6.07) is 16.4. The normalized spacial score (nSPS) is 11.4. The zero-order valence-electron chi connectivity index (χ0n) is 14.7. The molecular formula is C20H17Br2IN2O2S. The number of hydrogen-bond acceptors (Lipinski definition) is 3. The van der Waals surface area contributed by atoms with Gasteiger partial charge in [0.15, 0.2) is 0 Å². The Balaban J connectivity index is 2.13. The lowest BCUT2D eigenvalue weighted by Crippen LogP contribution is -2.30. The van der Waals surface area contributed by atoms with Crippen LogP contribution in [0.4, 0.5) is 5.69 Å². The fourth-order valence-electron chi connectivity index (χ4n) is 2.74. The van der Waals surface area contributed by atoms with E-state index in [-0.39, 0.29) is 11.4 Å². The van der Waals surface area contributed by atoms with E-state index in [0.29, 0.717) is 16.3 Å². The van der Waals surface area contributed by atoms with Gasteiger partial charge >= 0.3 is 0 Å². The third kappa shape index (κ3) is 5.14. The first kappa shape index (κ1) is 21.7. The lowest BCUT2D eigenvalue weighted by Gasteiger charge is -2.26. The Morgan fingerprint density at radius 2 is 1.43 bits per heavy atom. The molecule has 0 N–H and O–H groups in total. The summed E-state index contributed by atoms with van der Waals surface area (Å²) in [5.41, 5.74) is 3.55. The molecule has 0 saturated carbocycles. The first-order valence-electron chi connectivity index (χ1n) is 8.36. The minimum atomic E-state index is -3.74. The first-order chi connectivity index (χ1) is 13.4. The Kier molecular flexibility index (Phi) is 7.52. The zero-order valence-corrected chi connectivity index (χ0v) is 20.9. The predicted octanol–water partition coefficient (Wildman–Crippen LogP) is 5.87. The summed E-state index contributed by atoms with van der Waals surface area (Å²) < 4.78 is 29.5. The van der Waals surface area contributed by atoms with Gasteiger partial charge in [0.1, 0.15) is 0 Å². The molecule has 0 amide bonds. The molecule has 0 unspecified atom stereocenters. The molecule has 28 heavy (non-hydrogen) atoms. The number of sulfonamides is 1. The Hall–Kier alpha value is -0.970. The lowest BCUT2D eigenvalue weighted by molar-refractivity contribution is 0.590. The summed E-state index contributed by atoms with van der Waals surface area (Å²) in [5.74, 6) is 0. The van der Waals surface area contributed by atoms with Crippen molar-refractivity contribution < 1.29 is 8.42 Å². The van der Waals surface area contributed by atoms with Crippen LogP contribution in [0.15, 0.2) is 71.9 Å². The van der Waals surface area contributed by atoms with Gasteiger partial charge in [-0.05, 0) is 87.8 Å². The van der Waals surface area contributed by atoms with Crippen molar-refractivity contribution in [1.82, 2.24) is 4.98 Å². The van der Waals surface area contributed by atoms with Gasteiger partial charge < -0.3 is 0 Å². The fourth-order valence-corrected chi connectivity index (χ4v) is 5.19. The number of halogens is 3. The topological polar surface area (TPSA) is 50.3 Å². The quantitative estimate of drug-likeness (QED) is 0.241. The highest BCUT2D eigenvalue weighted by Crippen LogP contribution is 2.29. The smallest absolute Gasteiger partial charge is 0.264 e. The van der Waals surface area contributed by atoms with Gasteiger partial charge in [-0.15, -0.1) is 0 Å². The fraction of sp³-hybridized carbons (Fsp3) is 0.150. The van der Waals surface area contributed by atoms with E-state index in [1.54, 1.807) is 36.7 Å². The Labute approximate surface area is 195 Å². The average Bonchev–Trinajstić information content (AvgIpc) is 2.72. The van der Waals surface area contributed by atoms with Gasteiger partial charge in [-0.1, -0.05) is 37.9 Å². The average molecular weight is 636 g/mol. The van der Waals surface area contributed by atoms with Crippen LogP contribution in [0.1, 0.15) is 16.7 Å². The summed E-state index contributed by atoms with van der Waals surface area (Å²) in [6.07, 6.45) is 3.34. The van der Waals surface area contributed by atoms with Crippen LogP contribution >= 0.6 is 54.5 Å². The zero-order chi connectivity index (χ0) is 20.1. The minimum absolute atomic E-state index is 0.226. The molecule has 3 aromatic rings. The van der Waals surface area contributed by atoms with E-state index in [2.05, 4.69) is 65.5 Å². The molecule has 3 rings (SSSR count). The van der Waals surface area contributed by atoms with Crippen LogP contribution in [0.25, 0.3) is 0 Å². The summed E-state index contributed by atoms with van der Waals surface area (Å²) >= 11 is 9.13. The van der Waals surface area contributed by atoms with E-state index in [0.717, 1.165) is 20.3 Å². The van der Waals surface area contributed by atoms with E-state index < -0.39 is 10.0 Å². The van der Waals surface area contributed by atoms with Crippen molar-refractivity contribution >= 4 is 70.2 Å². The molecule has 146 valence electrons. The third-order valence-corrected chi connectivity index (χ3v) is 7.91. The second-order valence-corrected chi connectivity index (χ2v) is 10.3. The van der Waals surface area contributed by atoms with E-state index in [1.165, 1.54) is 4.31 Å². The summed E-state index contributed by atoms with van der Waals surface area (Å²) in [7, 11) is -3.74. The van der Waals surface area contributed by atoms with Crippen LogP contribution < -0.4 is 4.31 Å². The number of anilines is 1. The second-order valence-electron chi connectivity index (χ2n) is 6.10. The number of pyridine rings is 1. The second kappa shape index (κ2) is 9.69. The van der Waals surface area contributed by atoms with Crippen molar-refractivity contribution in [2.45, 2.75) is 22.1 Å². The molecule has 0 fully saturated rings. The van der Waals surface area contributed by atoms with Crippen LogP contribution in [0.5, 0.6) is 0 Å². The Bertz CT molecular complexity index is 1020. The molecular weight excluding hydrogens is 619 g/mol. The molecule has 1 aromatic heterocycles. The highest BCUT2D eigenvalue weighted by atomic mass is 127. The van der Waals surface area contributed by atoms with Crippen LogP contribution in [-0.4, -0.2) is 13.4 Å². The number of hydrogen-bond donors (Lipinski definition) is 0. The van der Waals surface area contributed by atoms with Crippen molar-refractivity contribution in [1.29, 1.82) is 0 Å². The maximum Gasteiger partial charge on any atom is 0.264 e. The lowest BCUT2D eigenvalue weighted by atomic mass is 10.1.